The minimum absolute atomic E-state index is 0.248. The Balaban J connectivity index is 2.58. The molecule has 1 rings (SSSR count). The second-order valence-corrected chi connectivity index (χ2v) is 4.28. The van der Waals surface area contributed by atoms with E-state index in [1.807, 2.05) is 0 Å². The number of hydrogen-bond acceptors (Lipinski definition) is 3. The van der Waals surface area contributed by atoms with Crippen LogP contribution in [0, 0.1) is 11.7 Å². The number of nitrogens with one attached hydrogen (secondary N) is 1. The second kappa shape index (κ2) is 5.84. The third-order valence-corrected chi connectivity index (χ3v) is 2.79. The summed E-state index contributed by atoms with van der Waals surface area (Å²) < 4.78 is 18.0. The van der Waals surface area contributed by atoms with Crippen molar-refractivity contribution in [2.75, 3.05) is 19.0 Å². The number of benzene rings is 1. The maximum absolute atomic E-state index is 12.8. The predicted octanol–water partition coefficient (Wildman–Crippen LogP) is 2.81. The highest BCUT2D eigenvalue weighted by Crippen LogP contribution is 2.23. The molecule has 1 aromatic rings. The quantitative estimate of drug-likeness (QED) is 0.867. The van der Waals surface area contributed by atoms with Crippen molar-refractivity contribution in [1.82, 2.24) is 0 Å². The molecule has 0 spiro atoms. The average Bonchev–Trinajstić information content (AvgIpc) is 2.26. The summed E-state index contributed by atoms with van der Waals surface area (Å²) >= 11 is 3.23. The molecule has 0 aromatic heterocycles. The molecule has 16 heavy (non-hydrogen) atoms. The predicted molar refractivity (Wildman–Crippen MR) is 63.8 cm³/mol. The summed E-state index contributed by atoms with van der Waals surface area (Å²) in [4.78, 5) is 11.1. The molecule has 1 aromatic carbocycles. The van der Waals surface area contributed by atoms with E-state index in [1.165, 1.54) is 19.2 Å². The van der Waals surface area contributed by atoms with Crippen LogP contribution < -0.4 is 5.32 Å². The van der Waals surface area contributed by atoms with E-state index in [4.69, 9.17) is 0 Å². The zero-order chi connectivity index (χ0) is 12.1. The first kappa shape index (κ1) is 13.0. The van der Waals surface area contributed by atoms with Crippen LogP contribution in [0.1, 0.15) is 6.92 Å². The van der Waals surface area contributed by atoms with Crippen molar-refractivity contribution < 1.29 is 13.9 Å². The summed E-state index contributed by atoms with van der Waals surface area (Å²) in [6.45, 7) is 2.20. The normalized spacial score (nSPS) is 12.0. The van der Waals surface area contributed by atoms with Crippen molar-refractivity contribution in [2.24, 2.45) is 5.92 Å². The van der Waals surface area contributed by atoms with Crippen LogP contribution in [-0.2, 0) is 9.53 Å². The lowest BCUT2D eigenvalue weighted by atomic mass is 10.2. The van der Waals surface area contributed by atoms with Gasteiger partial charge in [-0.15, -0.1) is 0 Å². The molecule has 0 saturated carbocycles. The molecule has 0 amide bonds. The number of methoxy groups -OCH3 is 1. The fourth-order valence-electron chi connectivity index (χ4n) is 1.18. The Kier molecular flexibility index (Phi) is 4.73. The number of hydrogen-bond donors (Lipinski definition) is 1. The summed E-state index contributed by atoms with van der Waals surface area (Å²) in [5.74, 6) is -0.828. The molecule has 0 radical (unpaired) electrons. The van der Waals surface area contributed by atoms with Gasteiger partial charge in [0, 0.05) is 16.7 Å². The minimum atomic E-state index is -0.307. The first-order chi connectivity index (χ1) is 7.54. The van der Waals surface area contributed by atoms with E-state index < -0.39 is 0 Å². The van der Waals surface area contributed by atoms with E-state index in [2.05, 4.69) is 26.0 Å². The van der Waals surface area contributed by atoms with Crippen LogP contribution >= 0.6 is 15.9 Å². The van der Waals surface area contributed by atoms with Gasteiger partial charge in [-0.1, -0.05) is 6.92 Å². The summed E-state index contributed by atoms with van der Waals surface area (Å²) in [7, 11) is 1.35. The van der Waals surface area contributed by atoms with Gasteiger partial charge in [0.25, 0.3) is 0 Å². The lowest BCUT2D eigenvalue weighted by Crippen LogP contribution is -2.21. The Morgan fingerprint density at radius 2 is 2.31 bits per heavy atom. The fraction of sp³-hybridized carbons (Fsp3) is 0.364. The molecule has 0 aliphatic rings. The standard InChI is InChI=1S/C11H13BrFNO2/c1-7(11(15)16-2)6-14-10-4-3-8(13)5-9(10)12/h3-5,7,14H,6H2,1-2H3. The van der Waals surface area contributed by atoms with Crippen LogP contribution in [0.4, 0.5) is 10.1 Å². The largest absolute Gasteiger partial charge is 0.469 e. The highest BCUT2D eigenvalue weighted by molar-refractivity contribution is 9.10. The lowest BCUT2D eigenvalue weighted by Gasteiger charge is -2.12. The molecule has 3 nitrogen and oxygen atoms in total. The van der Waals surface area contributed by atoms with Gasteiger partial charge in [-0.25, -0.2) is 4.39 Å². The molecule has 5 heteroatoms. The highest BCUT2D eigenvalue weighted by Gasteiger charge is 2.13. The van der Waals surface area contributed by atoms with E-state index >= 15 is 0 Å². The SMILES string of the molecule is COC(=O)C(C)CNc1ccc(F)cc1Br. The van der Waals surface area contributed by atoms with Crippen molar-refractivity contribution in [1.29, 1.82) is 0 Å². The first-order valence-corrected chi connectivity index (χ1v) is 5.60. The van der Waals surface area contributed by atoms with E-state index in [0.29, 0.717) is 11.0 Å². The van der Waals surface area contributed by atoms with Gasteiger partial charge in [0.05, 0.1) is 13.0 Å². The van der Waals surface area contributed by atoms with E-state index in [-0.39, 0.29) is 17.7 Å². The lowest BCUT2D eigenvalue weighted by molar-refractivity contribution is -0.144. The number of halogens is 2. The number of esters is 1. The van der Waals surface area contributed by atoms with Gasteiger partial charge in [0.2, 0.25) is 0 Å². The molecular weight excluding hydrogens is 277 g/mol. The zero-order valence-corrected chi connectivity index (χ0v) is 10.7. The Morgan fingerprint density at radius 3 is 2.88 bits per heavy atom. The molecule has 1 unspecified atom stereocenters. The zero-order valence-electron chi connectivity index (χ0n) is 9.09. The number of anilines is 1. The van der Waals surface area contributed by atoms with Crippen LogP contribution in [0.15, 0.2) is 22.7 Å². The van der Waals surface area contributed by atoms with Gasteiger partial charge in [-0.05, 0) is 34.1 Å². The summed E-state index contributed by atoms with van der Waals surface area (Å²) in [6, 6.07) is 4.34. The Morgan fingerprint density at radius 1 is 1.62 bits per heavy atom. The molecule has 0 aliphatic heterocycles. The maximum Gasteiger partial charge on any atom is 0.310 e. The fourth-order valence-corrected chi connectivity index (χ4v) is 1.67. The van der Waals surface area contributed by atoms with Crippen molar-refractivity contribution >= 4 is 27.6 Å². The Hall–Kier alpha value is -1.10. The van der Waals surface area contributed by atoms with Gasteiger partial charge >= 0.3 is 5.97 Å². The van der Waals surface area contributed by atoms with Gasteiger partial charge in [0.15, 0.2) is 0 Å². The van der Waals surface area contributed by atoms with Crippen LogP contribution in [-0.4, -0.2) is 19.6 Å². The number of carbonyl (C=O) groups excluding carboxylic acids is 1. The first-order valence-electron chi connectivity index (χ1n) is 4.81. The second-order valence-electron chi connectivity index (χ2n) is 3.43. The van der Waals surface area contributed by atoms with Crippen LogP contribution in [0.3, 0.4) is 0 Å². The number of carbonyl (C=O) groups is 1. The van der Waals surface area contributed by atoms with Crippen LogP contribution in [0.2, 0.25) is 0 Å². The van der Waals surface area contributed by atoms with Gasteiger partial charge < -0.3 is 10.1 Å². The van der Waals surface area contributed by atoms with Gasteiger partial charge in [0.1, 0.15) is 5.82 Å². The molecule has 0 heterocycles. The minimum Gasteiger partial charge on any atom is -0.469 e. The highest BCUT2D eigenvalue weighted by atomic mass is 79.9. The molecule has 1 N–H and O–H groups in total. The van der Waals surface area contributed by atoms with Crippen molar-refractivity contribution in [3.05, 3.63) is 28.5 Å². The third kappa shape index (κ3) is 3.48. The molecular formula is C11H13BrFNO2. The summed E-state index contributed by atoms with van der Waals surface area (Å²) in [5.41, 5.74) is 0.747. The maximum atomic E-state index is 12.8. The van der Waals surface area contributed by atoms with Gasteiger partial charge in [-0.3, -0.25) is 4.79 Å². The monoisotopic (exact) mass is 289 g/mol. The molecule has 0 fully saturated rings. The van der Waals surface area contributed by atoms with Crippen molar-refractivity contribution in [3.63, 3.8) is 0 Å². The Bertz CT molecular complexity index is 384. The smallest absolute Gasteiger partial charge is 0.310 e. The summed E-state index contributed by atoms with van der Waals surface area (Å²) in [5, 5.41) is 3.04. The van der Waals surface area contributed by atoms with Crippen molar-refractivity contribution in [3.8, 4) is 0 Å². The molecule has 0 bridgehead atoms. The Labute approximate surface area is 102 Å². The van der Waals surface area contributed by atoms with E-state index in [0.717, 1.165) is 5.69 Å². The summed E-state index contributed by atoms with van der Waals surface area (Å²) in [6.07, 6.45) is 0. The van der Waals surface area contributed by atoms with E-state index in [1.54, 1.807) is 13.0 Å². The number of rotatable bonds is 4. The van der Waals surface area contributed by atoms with E-state index in [9.17, 15) is 9.18 Å². The van der Waals surface area contributed by atoms with Crippen LogP contribution in [0.25, 0.3) is 0 Å². The molecule has 0 aliphatic carbocycles. The topological polar surface area (TPSA) is 38.3 Å². The molecule has 88 valence electrons. The van der Waals surface area contributed by atoms with Crippen LogP contribution in [0.5, 0.6) is 0 Å². The van der Waals surface area contributed by atoms with Gasteiger partial charge in [-0.2, -0.15) is 0 Å². The average molecular weight is 290 g/mol. The third-order valence-electron chi connectivity index (χ3n) is 2.13. The molecule has 1 atom stereocenters. The number of ether oxygens (including phenoxy) is 1. The molecule has 0 saturated heterocycles. The van der Waals surface area contributed by atoms with Crippen molar-refractivity contribution in [2.45, 2.75) is 6.92 Å².